The Labute approximate surface area is 113 Å². The number of anilines is 1. The first kappa shape index (κ1) is 11.8. The van der Waals surface area contributed by atoms with Crippen LogP contribution in [0.2, 0.25) is 0 Å². The van der Waals surface area contributed by atoms with Gasteiger partial charge in [-0.3, -0.25) is 4.99 Å². The van der Waals surface area contributed by atoms with Crippen molar-refractivity contribution in [2.24, 2.45) is 4.99 Å². The quantitative estimate of drug-likeness (QED) is 0.860. The van der Waals surface area contributed by atoms with Gasteiger partial charge >= 0.3 is 0 Å². The van der Waals surface area contributed by atoms with Gasteiger partial charge in [-0.2, -0.15) is 0 Å². The zero-order chi connectivity index (χ0) is 13.1. The average molecular weight is 251 g/mol. The third-order valence-electron chi connectivity index (χ3n) is 3.29. The maximum atomic E-state index is 4.38. The lowest BCUT2D eigenvalue weighted by atomic mass is 9.99. The van der Waals surface area contributed by atoms with Crippen LogP contribution in [0.1, 0.15) is 5.56 Å². The molecule has 1 heterocycles. The largest absolute Gasteiger partial charge is 0.354 e. The van der Waals surface area contributed by atoms with Crippen LogP contribution in [0.4, 0.5) is 5.69 Å². The van der Waals surface area contributed by atoms with Gasteiger partial charge in [0, 0.05) is 17.8 Å². The molecule has 96 valence electrons. The summed E-state index contributed by atoms with van der Waals surface area (Å²) in [6.45, 7) is 3.89. The summed E-state index contributed by atoms with van der Waals surface area (Å²) in [6.07, 6.45) is 0. The number of para-hydroxylation sites is 1. The van der Waals surface area contributed by atoms with Crippen LogP contribution in [0.5, 0.6) is 0 Å². The number of aryl methyl sites for hydroxylation is 1. The van der Waals surface area contributed by atoms with Crippen LogP contribution in [0.3, 0.4) is 0 Å². The molecule has 3 nitrogen and oxygen atoms in total. The van der Waals surface area contributed by atoms with Gasteiger partial charge in [0.25, 0.3) is 0 Å². The van der Waals surface area contributed by atoms with Gasteiger partial charge in [0.1, 0.15) is 0 Å². The summed E-state index contributed by atoms with van der Waals surface area (Å²) in [7, 11) is 0. The van der Waals surface area contributed by atoms with Crippen molar-refractivity contribution in [3.63, 3.8) is 0 Å². The summed E-state index contributed by atoms with van der Waals surface area (Å²) >= 11 is 0. The minimum atomic E-state index is 0.842. The third-order valence-corrected chi connectivity index (χ3v) is 3.29. The summed E-state index contributed by atoms with van der Waals surface area (Å²) in [5.74, 6) is 0.862. The Morgan fingerprint density at radius 3 is 2.47 bits per heavy atom. The Kier molecular flexibility index (Phi) is 3.19. The van der Waals surface area contributed by atoms with E-state index in [1.807, 2.05) is 6.07 Å². The molecule has 0 aliphatic carbocycles. The number of hydrogen-bond donors (Lipinski definition) is 2. The van der Waals surface area contributed by atoms with Crippen molar-refractivity contribution < 1.29 is 0 Å². The topological polar surface area (TPSA) is 36.4 Å². The van der Waals surface area contributed by atoms with Crippen molar-refractivity contribution in [1.82, 2.24) is 5.32 Å². The summed E-state index contributed by atoms with van der Waals surface area (Å²) < 4.78 is 0. The van der Waals surface area contributed by atoms with Crippen molar-refractivity contribution in [2.75, 3.05) is 18.4 Å². The SMILES string of the molecule is Cc1ccccc1-c1ccccc1NC1=NCCN1. The summed E-state index contributed by atoms with van der Waals surface area (Å²) in [5, 5.41) is 6.61. The number of guanidine groups is 1. The first-order valence-corrected chi connectivity index (χ1v) is 6.55. The first-order valence-electron chi connectivity index (χ1n) is 6.55. The monoisotopic (exact) mass is 251 g/mol. The molecule has 0 amide bonds. The van der Waals surface area contributed by atoms with Gasteiger partial charge in [0.15, 0.2) is 5.96 Å². The molecule has 3 heteroatoms. The van der Waals surface area contributed by atoms with Crippen molar-refractivity contribution in [3.05, 3.63) is 54.1 Å². The fourth-order valence-corrected chi connectivity index (χ4v) is 2.31. The molecular formula is C16H17N3. The lowest BCUT2D eigenvalue weighted by molar-refractivity contribution is 0.959. The molecule has 0 aromatic heterocycles. The van der Waals surface area contributed by atoms with Gasteiger partial charge < -0.3 is 10.6 Å². The lowest BCUT2D eigenvalue weighted by Gasteiger charge is -2.13. The van der Waals surface area contributed by atoms with E-state index in [-0.39, 0.29) is 0 Å². The molecule has 0 bridgehead atoms. The highest BCUT2D eigenvalue weighted by atomic mass is 15.2. The van der Waals surface area contributed by atoms with E-state index in [9.17, 15) is 0 Å². The van der Waals surface area contributed by atoms with E-state index < -0.39 is 0 Å². The highest BCUT2D eigenvalue weighted by molar-refractivity contribution is 5.98. The maximum absolute atomic E-state index is 4.38. The van der Waals surface area contributed by atoms with Crippen LogP contribution in [0, 0.1) is 6.92 Å². The fourth-order valence-electron chi connectivity index (χ4n) is 2.31. The van der Waals surface area contributed by atoms with E-state index in [0.717, 1.165) is 24.7 Å². The zero-order valence-electron chi connectivity index (χ0n) is 11.0. The molecule has 1 aliphatic rings. The van der Waals surface area contributed by atoms with Gasteiger partial charge in [-0.25, -0.2) is 0 Å². The average Bonchev–Trinajstić information content (AvgIpc) is 2.93. The Morgan fingerprint density at radius 1 is 1.00 bits per heavy atom. The van der Waals surface area contributed by atoms with Crippen molar-refractivity contribution in [1.29, 1.82) is 0 Å². The smallest absolute Gasteiger partial charge is 0.195 e. The molecule has 2 aromatic rings. The number of rotatable bonds is 2. The highest BCUT2D eigenvalue weighted by Crippen LogP contribution is 2.30. The first-order chi connectivity index (χ1) is 9.34. The number of benzene rings is 2. The fraction of sp³-hybridized carbons (Fsp3) is 0.188. The van der Waals surface area contributed by atoms with Gasteiger partial charge in [-0.05, 0) is 24.1 Å². The molecule has 0 radical (unpaired) electrons. The predicted octanol–water partition coefficient (Wildman–Crippen LogP) is 3.03. The summed E-state index contributed by atoms with van der Waals surface area (Å²) in [6, 6.07) is 16.8. The van der Waals surface area contributed by atoms with E-state index in [0.29, 0.717) is 0 Å². The normalized spacial score (nSPS) is 13.8. The summed E-state index contributed by atoms with van der Waals surface area (Å²) in [5.41, 5.74) is 4.82. The van der Waals surface area contributed by atoms with E-state index in [4.69, 9.17) is 0 Å². The number of hydrogen-bond acceptors (Lipinski definition) is 3. The molecule has 1 aliphatic heterocycles. The number of nitrogens with zero attached hydrogens (tertiary/aromatic N) is 1. The van der Waals surface area contributed by atoms with Crippen LogP contribution in [0.25, 0.3) is 11.1 Å². The minimum absolute atomic E-state index is 0.842. The van der Waals surface area contributed by atoms with Crippen molar-refractivity contribution in [3.8, 4) is 11.1 Å². The molecule has 0 fully saturated rings. The van der Waals surface area contributed by atoms with E-state index >= 15 is 0 Å². The summed E-state index contributed by atoms with van der Waals surface area (Å²) in [4.78, 5) is 4.38. The number of aliphatic imine (C=N–C) groups is 1. The molecule has 0 spiro atoms. The van der Waals surface area contributed by atoms with E-state index in [1.54, 1.807) is 0 Å². The highest BCUT2D eigenvalue weighted by Gasteiger charge is 2.10. The Bertz CT molecular complexity index is 617. The van der Waals surface area contributed by atoms with Gasteiger partial charge in [-0.15, -0.1) is 0 Å². The second kappa shape index (κ2) is 5.14. The van der Waals surface area contributed by atoms with Crippen LogP contribution in [-0.2, 0) is 0 Å². The van der Waals surface area contributed by atoms with Crippen molar-refractivity contribution in [2.45, 2.75) is 6.92 Å². The minimum Gasteiger partial charge on any atom is -0.354 e. The molecular weight excluding hydrogens is 234 g/mol. The van der Waals surface area contributed by atoms with Gasteiger partial charge in [0.2, 0.25) is 0 Å². The Hall–Kier alpha value is -2.29. The standard InChI is InChI=1S/C16H17N3/c1-12-6-2-3-7-13(12)14-8-4-5-9-15(14)19-16-17-10-11-18-16/h2-9H,10-11H2,1H3,(H2,17,18,19). The second-order valence-corrected chi connectivity index (χ2v) is 4.64. The van der Waals surface area contributed by atoms with E-state index in [2.05, 4.69) is 65.0 Å². The molecule has 0 saturated carbocycles. The molecule has 19 heavy (non-hydrogen) atoms. The van der Waals surface area contributed by atoms with Crippen molar-refractivity contribution >= 4 is 11.6 Å². The predicted molar refractivity (Wildman–Crippen MR) is 80.5 cm³/mol. The Morgan fingerprint density at radius 2 is 1.74 bits per heavy atom. The molecule has 0 saturated heterocycles. The number of nitrogens with one attached hydrogen (secondary N) is 2. The third kappa shape index (κ3) is 2.45. The van der Waals surface area contributed by atoms with Gasteiger partial charge in [-0.1, -0.05) is 42.5 Å². The second-order valence-electron chi connectivity index (χ2n) is 4.64. The van der Waals surface area contributed by atoms with Crippen LogP contribution < -0.4 is 10.6 Å². The molecule has 2 N–H and O–H groups in total. The van der Waals surface area contributed by atoms with E-state index in [1.165, 1.54) is 16.7 Å². The molecule has 2 aromatic carbocycles. The zero-order valence-corrected chi connectivity index (χ0v) is 11.0. The Balaban J connectivity index is 2.00. The molecule has 3 rings (SSSR count). The lowest BCUT2D eigenvalue weighted by Crippen LogP contribution is -2.26. The molecule has 0 unspecified atom stereocenters. The van der Waals surface area contributed by atoms with Crippen LogP contribution in [0.15, 0.2) is 53.5 Å². The van der Waals surface area contributed by atoms with Gasteiger partial charge in [0.05, 0.1) is 6.54 Å². The van der Waals surface area contributed by atoms with Crippen LogP contribution in [-0.4, -0.2) is 19.0 Å². The van der Waals surface area contributed by atoms with Crippen LogP contribution >= 0.6 is 0 Å². The molecule has 0 atom stereocenters. The maximum Gasteiger partial charge on any atom is 0.195 e.